The van der Waals surface area contributed by atoms with Gasteiger partial charge in [0.1, 0.15) is 11.5 Å². The molecule has 1 fully saturated rings. The number of hydrogen-bond acceptors (Lipinski definition) is 7. The molecule has 0 radical (unpaired) electrons. The number of aromatic nitrogens is 3. The minimum absolute atomic E-state index is 0.0494. The van der Waals surface area contributed by atoms with Gasteiger partial charge in [-0.05, 0) is 56.2 Å². The number of rotatable bonds is 9. The second-order valence-corrected chi connectivity index (χ2v) is 7.75. The van der Waals surface area contributed by atoms with E-state index >= 15 is 0 Å². The Kier molecular flexibility index (Phi) is 6.19. The van der Waals surface area contributed by atoms with Crippen molar-refractivity contribution in [1.82, 2.24) is 14.8 Å². The van der Waals surface area contributed by atoms with Gasteiger partial charge >= 0.3 is 0 Å². The van der Waals surface area contributed by atoms with Crippen molar-refractivity contribution in [2.45, 2.75) is 31.5 Å². The van der Waals surface area contributed by atoms with Crippen LogP contribution in [0.5, 0.6) is 5.75 Å². The first-order valence-electron chi connectivity index (χ1n) is 9.84. The summed E-state index contributed by atoms with van der Waals surface area (Å²) in [4.78, 5) is 14.9. The fourth-order valence-corrected chi connectivity index (χ4v) is 4.18. The Hall–Kier alpha value is -2.74. The van der Waals surface area contributed by atoms with Gasteiger partial charge < -0.3 is 14.1 Å². The van der Waals surface area contributed by atoms with Crippen molar-refractivity contribution in [3.63, 3.8) is 0 Å². The lowest BCUT2D eigenvalue weighted by Gasteiger charge is -2.17. The average molecular weight is 413 g/mol. The summed E-state index contributed by atoms with van der Waals surface area (Å²) < 4.78 is 13.0. The van der Waals surface area contributed by atoms with Gasteiger partial charge in [0.15, 0.2) is 10.9 Å². The molecular formula is C21H24N4O3S. The smallest absolute Gasteiger partial charge is 0.228 e. The van der Waals surface area contributed by atoms with Gasteiger partial charge in [0.25, 0.3) is 0 Å². The number of thioether (sulfide) groups is 1. The van der Waals surface area contributed by atoms with Gasteiger partial charge in [-0.25, -0.2) is 0 Å². The van der Waals surface area contributed by atoms with E-state index in [1.807, 2.05) is 35.8 Å². The van der Waals surface area contributed by atoms with Crippen LogP contribution in [0.3, 0.4) is 0 Å². The van der Waals surface area contributed by atoms with E-state index < -0.39 is 0 Å². The molecule has 152 valence electrons. The van der Waals surface area contributed by atoms with Crippen molar-refractivity contribution in [3.8, 4) is 5.75 Å². The van der Waals surface area contributed by atoms with Gasteiger partial charge in [-0.3, -0.25) is 9.36 Å². The molecule has 0 unspecified atom stereocenters. The maximum Gasteiger partial charge on any atom is 0.228 e. The number of ketones is 1. The molecule has 1 saturated heterocycles. The number of Topliss-reactive ketones (excluding diaryl/α,β-unsaturated/α-hetero) is 1. The van der Waals surface area contributed by atoms with Crippen LogP contribution >= 0.6 is 11.8 Å². The zero-order chi connectivity index (χ0) is 20.1. The number of anilines is 1. The number of carbonyl (C=O) groups excluding carboxylic acids is 1. The van der Waals surface area contributed by atoms with E-state index in [1.165, 1.54) is 11.8 Å². The van der Waals surface area contributed by atoms with Crippen molar-refractivity contribution in [3.05, 3.63) is 54.0 Å². The third kappa shape index (κ3) is 4.64. The largest absolute Gasteiger partial charge is 0.494 e. The van der Waals surface area contributed by atoms with Crippen LogP contribution in [0, 0.1) is 0 Å². The van der Waals surface area contributed by atoms with Crippen LogP contribution < -0.4 is 9.64 Å². The SMILES string of the molecule is CCOc1ccc(C(=O)CSc2nnc(N3CCCC3)n2Cc2ccco2)cc1. The van der Waals surface area contributed by atoms with E-state index in [2.05, 4.69) is 15.1 Å². The third-order valence-corrected chi connectivity index (χ3v) is 5.77. The normalized spacial score (nSPS) is 13.8. The molecule has 8 heteroatoms. The van der Waals surface area contributed by atoms with Crippen molar-refractivity contribution < 1.29 is 13.9 Å². The highest BCUT2D eigenvalue weighted by Gasteiger charge is 2.22. The highest BCUT2D eigenvalue weighted by molar-refractivity contribution is 7.99. The lowest BCUT2D eigenvalue weighted by atomic mass is 10.1. The predicted molar refractivity (Wildman–Crippen MR) is 112 cm³/mol. The Morgan fingerprint density at radius 2 is 1.97 bits per heavy atom. The number of benzene rings is 1. The molecule has 0 bridgehead atoms. The van der Waals surface area contributed by atoms with Gasteiger partial charge in [-0.15, -0.1) is 10.2 Å². The maximum atomic E-state index is 12.6. The molecule has 0 aliphatic carbocycles. The fourth-order valence-electron chi connectivity index (χ4n) is 3.35. The minimum atomic E-state index is 0.0494. The molecule has 3 heterocycles. The average Bonchev–Trinajstić information content (AvgIpc) is 3.50. The molecule has 0 spiro atoms. The quantitative estimate of drug-likeness (QED) is 0.390. The molecule has 2 aromatic heterocycles. The van der Waals surface area contributed by atoms with Crippen LogP contribution in [0.2, 0.25) is 0 Å². The van der Waals surface area contributed by atoms with Crippen LogP contribution in [-0.2, 0) is 6.54 Å². The Morgan fingerprint density at radius 3 is 2.66 bits per heavy atom. The first-order chi connectivity index (χ1) is 14.2. The first-order valence-corrected chi connectivity index (χ1v) is 10.8. The van der Waals surface area contributed by atoms with E-state index in [-0.39, 0.29) is 5.78 Å². The van der Waals surface area contributed by atoms with Gasteiger partial charge in [0.2, 0.25) is 5.95 Å². The van der Waals surface area contributed by atoms with E-state index in [1.54, 1.807) is 18.4 Å². The Balaban J connectivity index is 1.48. The number of nitrogens with zero attached hydrogens (tertiary/aromatic N) is 4. The molecule has 3 aromatic rings. The molecule has 1 aliphatic heterocycles. The van der Waals surface area contributed by atoms with E-state index in [9.17, 15) is 4.79 Å². The number of furan rings is 1. The standard InChI is InChI=1S/C21H24N4O3S/c1-2-27-17-9-7-16(8-10-17)19(26)15-29-21-23-22-20(24-11-3-4-12-24)25(21)14-18-6-5-13-28-18/h5-10,13H,2-4,11-12,14-15H2,1H3. The van der Waals surface area contributed by atoms with Gasteiger partial charge in [-0.2, -0.15) is 0 Å². The van der Waals surface area contributed by atoms with Gasteiger partial charge in [0.05, 0.1) is 25.2 Å². The Labute approximate surface area is 174 Å². The fraction of sp³-hybridized carbons (Fsp3) is 0.381. The molecule has 7 nitrogen and oxygen atoms in total. The van der Waals surface area contributed by atoms with Crippen LogP contribution in [0.1, 0.15) is 35.9 Å². The lowest BCUT2D eigenvalue weighted by Crippen LogP contribution is -2.22. The second-order valence-electron chi connectivity index (χ2n) is 6.81. The van der Waals surface area contributed by atoms with Crippen molar-refractivity contribution >= 4 is 23.5 Å². The van der Waals surface area contributed by atoms with E-state index in [4.69, 9.17) is 9.15 Å². The van der Waals surface area contributed by atoms with Gasteiger partial charge in [-0.1, -0.05) is 11.8 Å². The zero-order valence-corrected chi connectivity index (χ0v) is 17.2. The van der Waals surface area contributed by atoms with Crippen molar-refractivity contribution in [1.29, 1.82) is 0 Å². The molecule has 0 amide bonds. The molecule has 1 aromatic carbocycles. The molecule has 1 aliphatic rings. The van der Waals surface area contributed by atoms with Gasteiger partial charge in [0, 0.05) is 18.7 Å². The number of hydrogen-bond donors (Lipinski definition) is 0. The summed E-state index contributed by atoms with van der Waals surface area (Å²) in [5, 5.41) is 9.50. The van der Waals surface area contributed by atoms with E-state index in [0.717, 1.165) is 48.5 Å². The zero-order valence-electron chi connectivity index (χ0n) is 16.4. The molecule has 29 heavy (non-hydrogen) atoms. The van der Waals surface area contributed by atoms with Crippen LogP contribution in [0.15, 0.2) is 52.2 Å². The van der Waals surface area contributed by atoms with E-state index in [0.29, 0.717) is 24.5 Å². The summed E-state index contributed by atoms with van der Waals surface area (Å²) in [6, 6.07) is 11.1. The maximum absolute atomic E-state index is 12.6. The minimum Gasteiger partial charge on any atom is -0.494 e. The molecular weight excluding hydrogens is 388 g/mol. The Morgan fingerprint density at radius 1 is 1.17 bits per heavy atom. The Bertz CT molecular complexity index is 932. The molecule has 4 rings (SSSR count). The second kappa shape index (κ2) is 9.17. The van der Waals surface area contributed by atoms with Crippen LogP contribution in [-0.4, -0.2) is 46.0 Å². The van der Waals surface area contributed by atoms with Crippen molar-refractivity contribution in [2.75, 3.05) is 30.3 Å². The van der Waals surface area contributed by atoms with Crippen LogP contribution in [0.25, 0.3) is 0 Å². The summed E-state index contributed by atoms with van der Waals surface area (Å²) in [6.45, 7) is 5.04. The predicted octanol–water partition coefficient (Wildman–Crippen LogP) is 3.89. The highest BCUT2D eigenvalue weighted by Crippen LogP contribution is 2.26. The summed E-state index contributed by atoms with van der Waals surface area (Å²) in [6.07, 6.45) is 3.98. The first kappa shape index (κ1) is 19.6. The number of carbonyl (C=O) groups is 1. The molecule has 0 N–H and O–H groups in total. The molecule has 0 saturated carbocycles. The third-order valence-electron chi connectivity index (χ3n) is 4.80. The lowest BCUT2D eigenvalue weighted by molar-refractivity contribution is 0.102. The van der Waals surface area contributed by atoms with Crippen molar-refractivity contribution in [2.24, 2.45) is 0 Å². The monoisotopic (exact) mass is 412 g/mol. The topological polar surface area (TPSA) is 73.4 Å². The summed E-state index contributed by atoms with van der Waals surface area (Å²) in [5.41, 5.74) is 0.665. The van der Waals surface area contributed by atoms with Crippen LogP contribution in [0.4, 0.5) is 5.95 Å². The summed E-state index contributed by atoms with van der Waals surface area (Å²) in [5.74, 6) is 2.79. The molecule has 0 atom stereocenters. The number of ether oxygens (including phenoxy) is 1. The highest BCUT2D eigenvalue weighted by atomic mass is 32.2. The summed E-state index contributed by atoms with van der Waals surface area (Å²) >= 11 is 1.41. The summed E-state index contributed by atoms with van der Waals surface area (Å²) in [7, 11) is 0.